The lowest BCUT2D eigenvalue weighted by Gasteiger charge is -2.07. The molecule has 8 nitrogen and oxygen atoms in total. The molecule has 8 heteroatoms. The Balaban J connectivity index is 2.06. The van der Waals surface area contributed by atoms with E-state index in [0.29, 0.717) is 16.9 Å². The van der Waals surface area contributed by atoms with E-state index in [2.05, 4.69) is 10.3 Å². The number of non-ortho nitro benzene ring substituents is 1. The van der Waals surface area contributed by atoms with Crippen molar-refractivity contribution in [3.63, 3.8) is 0 Å². The molecule has 3 rings (SSSR count). The predicted octanol–water partition coefficient (Wildman–Crippen LogP) is 3.08. The Morgan fingerprint density at radius 3 is 2.30 bits per heavy atom. The third-order valence-corrected chi connectivity index (χ3v) is 4.13. The number of carbonyl (C=O) groups is 3. The van der Waals surface area contributed by atoms with E-state index >= 15 is 0 Å². The molecule has 0 spiro atoms. The molecule has 0 heterocycles. The lowest BCUT2D eigenvalue weighted by molar-refractivity contribution is -0.384. The number of nitro groups is 1. The van der Waals surface area contributed by atoms with Gasteiger partial charge in [-0.05, 0) is 37.3 Å². The van der Waals surface area contributed by atoms with Crippen LogP contribution in [0.3, 0.4) is 0 Å². The Morgan fingerprint density at radius 2 is 1.74 bits per heavy atom. The molecule has 0 aromatic heterocycles. The minimum Gasteiger partial charge on any atom is -0.326 e. The normalized spacial score (nSPS) is 16.9. The van der Waals surface area contributed by atoms with Crippen LogP contribution >= 0.6 is 0 Å². The van der Waals surface area contributed by atoms with Crippen molar-refractivity contribution < 1.29 is 19.3 Å². The Hall–Kier alpha value is -3.68. The number of rotatable bonds is 4. The van der Waals surface area contributed by atoms with E-state index in [0.717, 1.165) is 0 Å². The van der Waals surface area contributed by atoms with Crippen LogP contribution in [0, 0.1) is 16.0 Å². The van der Waals surface area contributed by atoms with Gasteiger partial charge in [-0.1, -0.05) is 0 Å². The second kappa shape index (κ2) is 6.91. The molecular formula is C19H15N3O5. The van der Waals surface area contributed by atoms with E-state index in [1.54, 1.807) is 24.3 Å². The summed E-state index contributed by atoms with van der Waals surface area (Å²) in [6.45, 7) is 2.68. The smallest absolute Gasteiger partial charge is 0.270 e. The van der Waals surface area contributed by atoms with Crippen LogP contribution in [0.1, 0.15) is 29.8 Å². The van der Waals surface area contributed by atoms with Crippen molar-refractivity contribution in [2.45, 2.75) is 13.8 Å². The average molecular weight is 365 g/mol. The fourth-order valence-electron chi connectivity index (χ4n) is 2.97. The molecule has 27 heavy (non-hydrogen) atoms. The molecule has 1 aliphatic carbocycles. The number of ketones is 2. The summed E-state index contributed by atoms with van der Waals surface area (Å²) in [5, 5.41) is 13.6. The van der Waals surface area contributed by atoms with Gasteiger partial charge in [-0.2, -0.15) is 0 Å². The van der Waals surface area contributed by atoms with Gasteiger partial charge in [0.2, 0.25) is 5.91 Å². The summed E-state index contributed by atoms with van der Waals surface area (Å²) in [4.78, 5) is 50.6. The molecule has 2 aromatic carbocycles. The molecule has 1 atom stereocenters. The third-order valence-electron chi connectivity index (χ3n) is 4.13. The summed E-state index contributed by atoms with van der Waals surface area (Å²) in [5.74, 6) is -2.16. The quantitative estimate of drug-likeness (QED) is 0.507. The number of hydrogen-bond acceptors (Lipinski definition) is 6. The van der Waals surface area contributed by atoms with Crippen molar-refractivity contribution in [2.75, 3.05) is 5.32 Å². The highest BCUT2D eigenvalue weighted by atomic mass is 16.6. The molecule has 0 radical (unpaired) electrons. The summed E-state index contributed by atoms with van der Waals surface area (Å²) >= 11 is 0. The number of nitrogens with zero attached hydrogens (tertiary/aromatic N) is 2. The van der Waals surface area contributed by atoms with Crippen LogP contribution in [-0.2, 0) is 9.59 Å². The minimum absolute atomic E-state index is 0.123. The Morgan fingerprint density at radius 1 is 1.07 bits per heavy atom. The molecule has 1 unspecified atom stereocenters. The third kappa shape index (κ3) is 3.50. The van der Waals surface area contributed by atoms with Gasteiger partial charge >= 0.3 is 0 Å². The molecule has 2 aromatic rings. The van der Waals surface area contributed by atoms with Crippen molar-refractivity contribution in [3.8, 4) is 0 Å². The van der Waals surface area contributed by atoms with Crippen LogP contribution in [0.25, 0.3) is 0 Å². The maximum Gasteiger partial charge on any atom is 0.270 e. The molecule has 136 valence electrons. The first-order chi connectivity index (χ1) is 12.8. The number of aliphatic imine (C=N–C) groups is 1. The molecule has 0 bridgehead atoms. The highest BCUT2D eigenvalue weighted by Crippen LogP contribution is 2.33. The summed E-state index contributed by atoms with van der Waals surface area (Å²) in [6, 6.07) is 10.5. The van der Waals surface area contributed by atoms with Crippen molar-refractivity contribution in [2.24, 2.45) is 10.9 Å². The van der Waals surface area contributed by atoms with Gasteiger partial charge in [0, 0.05) is 35.9 Å². The van der Waals surface area contributed by atoms with Gasteiger partial charge in [0.15, 0.2) is 5.78 Å². The van der Waals surface area contributed by atoms with Crippen molar-refractivity contribution in [1.29, 1.82) is 0 Å². The zero-order valence-electron chi connectivity index (χ0n) is 14.6. The highest BCUT2D eigenvalue weighted by Gasteiger charge is 2.40. The van der Waals surface area contributed by atoms with Crippen molar-refractivity contribution >= 4 is 40.2 Å². The molecule has 0 saturated heterocycles. The molecule has 1 N–H and O–H groups in total. The number of nitro benzene ring substituents is 1. The van der Waals surface area contributed by atoms with E-state index in [4.69, 9.17) is 0 Å². The van der Waals surface area contributed by atoms with Crippen LogP contribution in [0.2, 0.25) is 0 Å². The zero-order chi connectivity index (χ0) is 19.7. The first-order valence-corrected chi connectivity index (χ1v) is 8.07. The standard InChI is InChI=1S/C19H15N3O5/c1-10(23)17-18(21-13-5-3-12(4-6-13)20-11(2)24)15-8-7-14(22(26)27)9-16(15)19(17)25/h3-9,17H,1-2H3,(H,20,24). The summed E-state index contributed by atoms with van der Waals surface area (Å²) in [6.07, 6.45) is 0. The van der Waals surface area contributed by atoms with Gasteiger partial charge in [0.05, 0.1) is 16.3 Å². The SMILES string of the molecule is CC(=O)Nc1ccc(N=C2c3ccc([N+](=O)[O-])cc3C(=O)C2C(C)=O)cc1. The van der Waals surface area contributed by atoms with Crippen LogP contribution in [-0.4, -0.2) is 28.1 Å². The van der Waals surface area contributed by atoms with Gasteiger partial charge in [-0.25, -0.2) is 0 Å². The number of amides is 1. The van der Waals surface area contributed by atoms with Gasteiger partial charge in [-0.3, -0.25) is 29.5 Å². The monoisotopic (exact) mass is 365 g/mol. The number of anilines is 1. The Kier molecular flexibility index (Phi) is 4.64. The van der Waals surface area contributed by atoms with Gasteiger partial charge < -0.3 is 5.32 Å². The van der Waals surface area contributed by atoms with E-state index in [1.807, 2.05) is 0 Å². The van der Waals surface area contributed by atoms with Crippen LogP contribution in [0.15, 0.2) is 47.5 Å². The number of benzene rings is 2. The highest BCUT2D eigenvalue weighted by molar-refractivity contribution is 6.37. The molecule has 1 amide bonds. The predicted molar refractivity (Wildman–Crippen MR) is 98.5 cm³/mol. The van der Waals surface area contributed by atoms with E-state index in [9.17, 15) is 24.5 Å². The Labute approximate surface area is 154 Å². The zero-order valence-corrected chi connectivity index (χ0v) is 14.6. The Bertz CT molecular complexity index is 1010. The van der Waals surface area contributed by atoms with Crippen molar-refractivity contribution in [1.82, 2.24) is 0 Å². The van der Waals surface area contributed by atoms with Crippen LogP contribution in [0.4, 0.5) is 17.1 Å². The molecular weight excluding hydrogens is 350 g/mol. The minimum atomic E-state index is -1.09. The fraction of sp³-hybridized carbons (Fsp3) is 0.158. The summed E-state index contributed by atoms with van der Waals surface area (Å²) < 4.78 is 0. The fourth-order valence-corrected chi connectivity index (χ4v) is 2.97. The van der Waals surface area contributed by atoms with Gasteiger partial charge in [0.1, 0.15) is 11.7 Å². The second-order valence-corrected chi connectivity index (χ2v) is 6.12. The van der Waals surface area contributed by atoms with E-state index < -0.39 is 16.6 Å². The lowest BCUT2D eigenvalue weighted by atomic mass is 9.99. The van der Waals surface area contributed by atoms with Gasteiger partial charge in [-0.15, -0.1) is 0 Å². The summed E-state index contributed by atoms with van der Waals surface area (Å²) in [5.41, 5.74) is 1.67. The topological polar surface area (TPSA) is 119 Å². The maximum atomic E-state index is 12.6. The number of hydrogen-bond donors (Lipinski definition) is 1. The van der Waals surface area contributed by atoms with E-state index in [1.165, 1.54) is 32.0 Å². The second-order valence-electron chi connectivity index (χ2n) is 6.12. The molecule has 0 fully saturated rings. The van der Waals surface area contributed by atoms with E-state index in [-0.39, 0.29) is 28.7 Å². The van der Waals surface area contributed by atoms with Gasteiger partial charge in [0.25, 0.3) is 5.69 Å². The first kappa shape index (κ1) is 18.1. The number of nitrogens with one attached hydrogen (secondary N) is 1. The number of carbonyl (C=O) groups excluding carboxylic acids is 3. The largest absolute Gasteiger partial charge is 0.326 e. The summed E-state index contributed by atoms with van der Waals surface area (Å²) in [7, 11) is 0. The van der Waals surface area contributed by atoms with Crippen molar-refractivity contribution in [3.05, 3.63) is 63.7 Å². The van der Waals surface area contributed by atoms with Crippen LogP contribution in [0.5, 0.6) is 0 Å². The van der Waals surface area contributed by atoms with Crippen LogP contribution < -0.4 is 5.32 Å². The molecule has 1 aliphatic rings. The maximum absolute atomic E-state index is 12.6. The number of Topliss-reactive ketones (excluding diaryl/α,β-unsaturated/α-hetero) is 2. The molecule has 0 saturated carbocycles. The molecule has 0 aliphatic heterocycles. The first-order valence-electron chi connectivity index (χ1n) is 8.07. The number of fused-ring (bicyclic) bond motifs is 1. The lowest BCUT2D eigenvalue weighted by Crippen LogP contribution is -2.23. The average Bonchev–Trinajstić information content (AvgIpc) is 2.88.